The SMILES string of the molecule is CCOC(=O)c1nc2c(OC)ccc(Br)n2c1Cl. The second-order valence-corrected chi connectivity index (χ2v) is 4.53. The fourth-order valence-electron chi connectivity index (χ4n) is 1.54. The molecule has 0 aliphatic carbocycles. The average Bonchev–Trinajstić information content (AvgIpc) is 2.69. The smallest absolute Gasteiger partial charge is 0.360 e. The van der Waals surface area contributed by atoms with E-state index in [2.05, 4.69) is 20.9 Å². The summed E-state index contributed by atoms with van der Waals surface area (Å²) in [5.41, 5.74) is 0.531. The maximum absolute atomic E-state index is 11.7. The number of carbonyl (C=O) groups is 1. The lowest BCUT2D eigenvalue weighted by atomic mass is 10.4. The van der Waals surface area contributed by atoms with Crippen molar-refractivity contribution in [2.45, 2.75) is 6.92 Å². The van der Waals surface area contributed by atoms with E-state index in [0.29, 0.717) is 16.0 Å². The Labute approximate surface area is 117 Å². The van der Waals surface area contributed by atoms with Crippen molar-refractivity contribution in [3.63, 3.8) is 0 Å². The van der Waals surface area contributed by atoms with Gasteiger partial charge in [-0.25, -0.2) is 9.78 Å². The van der Waals surface area contributed by atoms with Gasteiger partial charge in [0.25, 0.3) is 0 Å². The Hall–Kier alpha value is -1.27. The molecule has 2 rings (SSSR count). The van der Waals surface area contributed by atoms with Crippen LogP contribution < -0.4 is 4.74 Å². The number of pyridine rings is 1. The van der Waals surface area contributed by atoms with Gasteiger partial charge in [-0.2, -0.15) is 0 Å². The molecule has 7 heteroatoms. The maximum Gasteiger partial charge on any atom is 0.360 e. The number of methoxy groups -OCH3 is 1. The van der Waals surface area contributed by atoms with E-state index < -0.39 is 5.97 Å². The highest BCUT2D eigenvalue weighted by atomic mass is 79.9. The summed E-state index contributed by atoms with van der Waals surface area (Å²) >= 11 is 9.48. The molecule has 0 saturated carbocycles. The molecule has 0 bridgehead atoms. The third-order valence-corrected chi connectivity index (χ3v) is 3.28. The molecule has 96 valence electrons. The van der Waals surface area contributed by atoms with Gasteiger partial charge in [0, 0.05) is 0 Å². The number of carbonyl (C=O) groups excluding carboxylic acids is 1. The number of imidazole rings is 1. The minimum absolute atomic E-state index is 0.0729. The lowest BCUT2D eigenvalue weighted by Gasteiger charge is -2.03. The Bertz CT molecular complexity index is 612. The Kier molecular flexibility index (Phi) is 3.77. The summed E-state index contributed by atoms with van der Waals surface area (Å²) in [6.45, 7) is 1.99. The van der Waals surface area contributed by atoms with Crippen molar-refractivity contribution in [3.8, 4) is 5.75 Å². The molecule has 0 saturated heterocycles. The number of halogens is 2. The number of rotatable bonds is 3. The topological polar surface area (TPSA) is 52.8 Å². The van der Waals surface area contributed by atoms with E-state index in [1.165, 1.54) is 7.11 Å². The summed E-state index contributed by atoms with van der Waals surface area (Å²) in [7, 11) is 1.52. The Morgan fingerprint density at radius 3 is 2.89 bits per heavy atom. The Morgan fingerprint density at radius 2 is 2.28 bits per heavy atom. The second kappa shape index (κ2) is 5.16. The minimum atomic E-state index is -0.555. The predicted octanol–water partition coefficient (Wildman–Crippen LogP) is 2.94. The molecule has 5 nitrogen and oxygen atoms in total. The van der Waals surface area contributed by atoms with E-state index >= 15 is 0 Å². The van der Waals surface area contributed by atoms with Crippen molar-refractivity contribution in [2.24, 2.45) is 0 Å². The van der Waals surface area contributed by atoms with Crippen molar-refractivity contribution >= 4 is 39.1 Å². The molecule has 2 aromatic heterocycles. The van der Waals surface area contributed by atoms with Gasteiger partial charge in [0.1, 0.15) is 5.15 Å². The Balaban J connectivity index is 2.68. The number of nitrogens with zero attached hydrogens (tertiary/aromatic N) is 2. The number of hydrogen-bond acceptors (Lipinski definition) is 4. The van der Waals surface area contributed by atoms with Gasteiger partial charge < -0.3 is 9.47 Å². The van der Waals surface area contributed by atoms with Crippen molar-refractivity contribution < 1.29 is 14.3 Å². The summed E-state index contributed by atoms with van der Waals surface area (Å²) in [4.78, 5) is 15.9. The molecule has 0 spiro atoms. The standard InChI is InChI=1S/C11H10BrClN2O3/c1-3-18-11(16)8-9(13)15-7(12)5-4-6(17-2)10(15)14-8/h4-5H,3H2,1-2H3. The number of ether oxygens (including phenoxy) is 2. The summed E-state index contributed by atoms with van der Waals surface area (Å²) in [6, 6.07) is 3.49. The summed E-state index contributed by atoms with van der Waals surface area (Å²) in [5.74, 6) is -0.0317. The van der Waals surface area contributed by atoms with Crippen LogP contribution in [0.3, 0.4) is 0 Å². The summed E-state index contributed by atoms with van der Waals surface area (Å²) in [5, 5.41) is 0.189. The summed E-state index contributed by atoms with van der Waals surface area (Å²) < 4.78 is 12.3. The highest BCUT2D eigenvalue weighted by molar-refractivity contribution is 9.10. The minimum Gasteiger partial charge on any atom is -0.493 e. The first-order chi connectivity index (χ1) is 8.60. The van der Waals surface area contributed by atoms with E-state index in [-0.39, 0.29) is 17.5 Å². The van der Waals surface area contributed by atoms with Crippen LogP contribution in [0.1, 0.15) is 17.4 Å². The molecule has 0 radical (unpaired) electrons. The molecule has 0 aliphatic rings. The molecule has 0 amide bonds. The van der Waals surface area contributed by atoms with Crippen LogP contribution in [0, 0.1) is 0 Å². The van der Waals surface area contributed by atoms with Gasteiger partial charge in [-0.3, -0.25) is 4.40 Å². The van der Waals surface area contributed by atoms with Crippen molar-refractivity contribution in [1.82, 2.24) is 9.38 Å². The number of aromatic nitrogens is 2. The molecule has 0 unspecified atom stereocenters. The van der Waals surface area contributed by atoms with E-state index in [0.717, 1.165) is 0 Å². The second-order valence-electron chi connectivity index (χ2n) is 3.36. The van der Waals surface area contributed by atoms with Gasteiger partial charge in [0.05, 0.1) is 18.3 Å². The third-order valence-electron chi connectivity index (χ3n) is 2.32. The van der Waals surface area contributed by atoms with Gasteiger partial charge in [-0.1, -0.05) is 11.6 Å². The summed E-state index contributed by atoms with van der Waals surface area (Å²) in [6.07, 6.45) is 0. The zero-order chi connectivity index (χ0) is 13.3. The Morgan fingerprint density at radius 1 is 1.56 bits per heavy atom. The quantitative estimate of drug-likeness (QED) is 0.640. The molecule has 0 N–H and O–H groups in total. The van der Waals surface area contributed by atoms with Gasteiger partial charge in [-0.05, 0) is 35.0 Å². The van der Waals surface area contributed by atoms with Crippen LogP contribution in [0.25, 0.3) is 5.65 Å². The van der Waals surface area contributed by atoms with Crippen LogP contribution in [-0.2, 0) is 4.74 Å². The lowest BCUT2D eigenvalue weighted by molar-refractivity contribution is 0.0520. The zero-order valence-electron chi connectivity index (χ0n) is 9.74. The van der Waals surface area contributed by atoms with Crippen LogP contribution >= 0.6 is 27.5 Å². The van der Waals surface area contributed by atoms with Crippen molar-refractivity contribution in [2.75, 3.05) is 13.7 Å². The fraction of sp³-hybridized carbons (Fsp3) is 0.273. The van der Waals surface area contributed by atoms with Crippen LogP contribution in [0.5, 0.6) is 5.75 Å². The molecule has 0 atom stereocenters. The van der Waals surface area contributed by atoms with Crippen molar-refractivity contribution in [3.05, 3.63) is 27.6 Å². The van der Waals surface area contributed by atoms with E-state index in [4.69, 9.17) is 21.1 Å². The van der Waals surface area contributed by atoms with E-state index in [9.17, 15) is 4.79 Å². The molecule has 0 aromatic carbocycles. The first-order valence-corrected chi connectivity index (χ1v) is 6.34. The third kappa shape index (κ3) is 2.06. The van der Waals surface area contributed by atoms with Crippen LogP contribution in [0.15, 0.2) is 16.7 Å². The number of hydrogen-bond donors (Lipinski definition) is 0. The van der Waals surface area contributed by atoms with Crippen LogP contribution in [0.4, 0.5) is 0 Å². The monoisotopic (exact) mass is 332 g/mol. The predicted molar refractivity (Wildman–Crippen MR) is 70.4 cm³/mol. The molecule has 18 heavy (non-hydrogen) atoms. The molecular weight excluding hydrogens is 323 g/mol. The fourth-order valence-corrected chi connectivity index (χ4v) is 2.41. The zero-order valence-corrected chi connectivity index (χ0v) is 12.1. The number of fused-ring (bicyclic) bond motifs is 1. The average molecular weight is 334 g/mol. The normalized spacial score (nSPS) is 10.7. The largest absolute Gasteiger partial charge is 0.493 e. The first-order valence-electron chi connectivity index (χ1n) is 5.17. The maximum atomic E-state index is 11.7. The van der Waals surface area contributed by atoms with Crippen LogP contribution in [0.2, 0.25) is 5.15 Å². The van der Waals surface area contributed by atoms with Gasteiger partial charge in [0.2, 0.25) is 0 Å². The molecule has 2 aromatic rings. The molecule has 2 heterocycles. The molecule has 0 aliphatic heterocycles. The van der Waals surface area contributed by atoms with Gasteiger partial charge in [-0.15, -0.1) is 0 Å². The number of esters is 1. The van der Waals surface area contributed by atoms with Gasteiger partial charge >= 0.3 is 5.97 Å². The highest BCUT2D eigenvalue weighted by Crippen LogP contribution is 2.29. The van der Waals surface area contributed by atoms with Gasteiger partial charge in [0.15, 0.2) is 17.1 Å². The van der Waals surface area contributed by atoms with E-state index in [1.807, 2.05) is 0 Å². The van der Waals surface area contributed by atoms with Crippen molar-refractivity contribution in [1.29, 1.82) is 0 Å². The van der Waals surface area contributed by atoms with Crippen LogP contribution in [-0.4, -0.2) is 29.1 Å². The molecule has 0 fully saturated rings. The molecular formula is C11H10BrClN2O3. The lowest BCUT2D eigenvalue weighted by Crippen LogP contribution is -2.05. The van der Waals surface area contributed by atoms with E-state index in [1.54, 1.807) is 23.5 Å². The highest BCUT2D eigenvalue weighted by Gasteiger charge is 2.21. The first kappa shape index (κ1) is 13.2.